The SMILES string of the molecule is CCC(CC)CN(CC)c1ccc(Cl)cc1C=O. The number of carbonyl (C=O) groups is 1. The van der Waals surface area contributed by atoms with Crippen LogP contribution >= 0.6 is 11.6 Å². The van der Waals surface area contributed by atoms with Crippen LogP contribution in [0, 0.1) is 5.92 Å². The Hall–Kier alpha value is -1.02. The standard InChI is InChI=1S/C15H22ClNO/c1-4-12(5-2)10-17(6-3)15-8-7-14(16)9-13(15)11-18/h7-9,11-12H,4-6,10H2,1-3H3. The Kier molecular flexibility index (Phi) is 6.20. The maximum Gasteiger partial charge on any atom is 0.152 e. The molecular formula is C15H22ClNO. The van der Waals surface area contributed by atoms with Crippen molar-refractivity contribution in [1.29, 1.82) is 0 Å². The minimum absolute atomic E-state index is 0.611. The van der Waals surface area contributed by atoms with Gasteiger partial charge in [0.15, 0.2) is 6.29 Å². The molecule has 0 atom stereocenters. The van der Waals surface area contributed by atoms with Crippen molar-refractivity contribution in [3.8, 4) is 0 Å². The van der Waals surface area contributed by atoms with Crippen molar-refractivity contribution < 1.29 is 4.79 Å². The van der Waals surface area contributed by atoms with Crippen LogP contribution in [-0.4, -0.2) is 19.4 Å². The molecule has 0 aromatic heterocycles. The Bertz CT molecular complexity index is 388. The van der Waals surface area contributed by atoms with Crippen LogP contribution in [0.2, 0.25) is 5.02 Å². The van der Waals surface area contributed by atoms with Crippen molar-refractivity contribution in [1.82, 2.24) is 0 Å². The fourth-order valence-electron chi connectivity index (χ4n) is 2.16. The second-order valence-electron chi connectivity index (χ2n) is 4.54. The van der Waals surface area contributed by atoms with Gasteiger partial charge in [-0.05, 0) is 31.0 Å². The van der Waals surface area contributed by atoms with Gasteiger partial charge in [0, 0.05) is 29.4 Å². The summed E-state index contributed by atoms with van der Waals surface area (Å²) >= 11 is 5.93. The average Bonchev–Trinajstić information content (AvgIpc) is 2.41. The summed E-state index contributed by atoms with van der Waals surface area (Å²) in [6.07, 6.45) is 3.21. The average molecular weight is 268 g/mol. The number of benzene rings is 1. The number of hydrogen-bond donors (Lipinski definition) is 0. The minimum Gasteiger partial charge on any atom is -0.371 e. The van der Waals surface area contributed by atoms with Crippen molar-refractivity contribution in [3.05, 3.63) is 28.8 Å². The third kappa shape index (κ3) is 3.74. The smallest absolute Gasteiger partial charge is 0.152 e. The first-order chi connectivity index (χ1) is 8.65. The summed E-state index contributed by atoms with van der Waals surface area (Å²) in [5.41, 5.74) is 1.67. The summed E-state index contributed by atoms with van der Waals surface area (Å²) < 4.78 is 0. The molecule has 0 aliphatic carbocycles. The van der Waals surface area contributed by atoms with Crippen molar-refractivity contribution in [2.24, 2.45) is 5.92 Å². The lowest BCUT2D eigenvalue weighted by atomic mass is 10.0. The van der Waals surface area contributed by atoms with Crippen molar-refractivity contribution in [2.75, 3.05) is 18.0 Å². The second kappa shape index (κ2) is 7.42. The largest absolute Gasteiger partial charge is 0.371 e. The van der Waals surface area contributed by atoms with Crippen LogP contribution in [0.1, 0.15) is 44.0 Å². The Morgan fingerprint density at radius 2 is 1.94 bits per heavy atom. The molecule has 1 aromatic carbocycles. The molecule has 0 radical (unpaired) electrons. The van der Waals surface area contributed by atoms with Crippen LogP contribution in [0.5, 0.6) is 0 Å². The van der Waals surface area contributed by atoms with Crippen LogP contribution in [0.25, 0.3) is 0 Å². The molecule has 0 amide bonds. The van der Waals surface area contributed by atoms with E-state index in [-0.39, 0.29) is 0 Å². The van der Waals surface area contributed by atoms with E-state index in [0.29, 0.717) is 16.5 Å². The Labute approximate surface area is 115 Å². The molecule has 0 aliphatic heterocycles. The van der Waals surface area contributed by atoms with Crippen LogP contribution in [0.4, 0.5) is 5.69 Å². The number of rotatable bonds is 7. The van der Waals surface area contributed by atoms with Gasteiger partial charge in [0.05, 0.1) is 0 Å². The van der Waals surface area contributed by atoms with Gasteiger partial charge in [0.25, 0.3) is 0 Å². The first-order valence-corrected chi connectivity index (χ1v) is 7.03. The van der Waals surface area contributed by atoms with Gasteiger partial charge in [0.2, 0.25) is 0 Å². The summed E-state index contributed by atoms with van der Waals surface area (Å²) in [7, 11) is 0. The Morgan fingerprint density at radius 3 is 2.44 bits per heavy atom. The van der Waals surface area contributed by atoms with E-state index >= 15 is 0 Å². The Morgan fingerprint density at radius 1 is 1.28 bits per heavy atom. The van der Waals surface area contributed by atoms with Gasteiger partial charge in [-0.2, -0.15) is 0 Å². The molecule has 0 saturated heterocycles. The topological polar surface area (TPSA) is 20.3 Å². The van der Waals surface area contributed by atoms with Crippen molar-refractivity contribution in [3.63, 3.8) is 0 Å². The van der Waals surface area contributed by atoms with Gasteiger partial charge in [-0.15, -0.1) is 0 Å². The highest BCUT2D eigenvalue weighted by molar-refractivity contribution is 6.31. The molecule has 0 saturated carbocycles. The summed E-state index contributed by atoms with van der Waals surface area (Å²) in [4.78, 5) is 13.4. The molecule has 0 heterocycles. The molecule has 0 bridgehead atoms. The zero-order valence-electron chi connectivity index (χ0n) is 11.4. The lowest BCUT2D eigenvalue weighted by molar-refractivity contribution is 0.112. The van der Waals surface area contributed by atoms with E-state index in [9.17, 15) is 4.79 Å². The predicted molar refractivity (Wildman–Crippen MR) is 78.8 cm³/mol. The molecule has 0 unspecified atom stereocenters. The second-order valence-corrected chi connectivity index (χ2v) is 4.98. The molecule has 0 spiro atoms. The zero-order chi connectivity index (χ0) is 13.5. The zero-order valence-corrected chi connectivity index (χ0v) is 12.2. The molecule has 0 fully saturated rings. The summed E-state index contributed by atoms with van der Waals surface area (Å²) in [6.45, 7) is 8.44. The third-order valence-corrected chi connectivity index (χ3v) is 3.71. The van der Waals surface area contributed by atoms with E-state index in [2.05, 4.69) is 25.7 Å². The number of anilines is 1. The molecular weight excluding hydrogens is 246 g/mol. The minimum atomic E-state index is 0.611. The van der Waals surface area contributed by atoms with Crippen LogP contribution in [0.3, 0.4) is 0 Å². The van der Waals surface area contributed by atoms with Gasteiger partial charge in [-0.1, -0.05) is 38.3 Å². The van der Waals surface area contributed by atoms with Crippen LogP contribution in [-0.2, 0) is 0 Å². The lowest BCUT2D eigenvalue weighted by Gasteiger charge is -2.28. The molecule has 1 rings (SSSR count). The summed E-state index contributed by atoms with van der Waals surface area (Å²) in [6, 6.07) is 5.52. The fourth-order valence-corrected chi connectivity index (χ4v) is 2.34. The highest BCUT2D eigenvalue weighted by atomic mass is 35.5. The molecule has 2 nitrogen and oxygen atoms in total. The maximum absolute atomic E-state index is 11.1. The van der Waals surface area contributed by atoms with E-state index in [1.54, 1.807) is 6.07 Å². The highest BCUT2D eigenvalue weighted by Gasteiger charge is 2.13. The number of nitrogens with zero attached hydrogens (tertiary/aromatic N) is 1. The first-order valence-electron chi connectivity index (χ1n) is 6.65. The van der Waals surface area contributed by atoms with E-state index < -0.39 is 0 Å². The molecule has 1 aromatic rings. The van der Waals surface area contributed by atoms with Crippen molar-refractivity contribution in [2.45, 2.75) is 33.6 Å². The van der Waals surface area contributed by atoms with Crippen LogP contribution in [0.15, 0.2) is 18.2 Å². The third-order valence-electron chi connectivity index (χ3n) is 3.47. The van der Waals surface area contributed by atoms with Gasteiger partial charge in [-0.3, -0.25) is 4.79 Å². The number of halogens is 1. The van der Waals surface area contributed by atoms with Gasteiger partial charge in [0.1, 0.15) is 0 Å². The number of aldehydes is 1. The van der Waals surface area contributed by atoms with Crippen LogP contribution < -0.4 is 4.90 Å². The number of carbonyl (C=O) groups excluding carboxylic acids is 1. The first kappa shape index (κ1) is 15.0. The quantitative estimate of drug-likeness (QED) is 0.682. The summed E-state index contributed by atoms with van der Waals surface area (Å²) in [5, 5.41) is 0.611. The molecule has 0 N–H and O–H groups in total. The molecule has 100 valence electrons. The lowest BCUT2D eigenvalue weighted by Crippen LogP contribution is -2.29. The van der Waals surface area contributed by atoms with E-state index in [1.807, 2.05) is 12.1 Å². The molecule has 18 heavy (non-hydrogen) atoms. The van der Waals surface area contributed by atoms with Gasteiger partial charge < -0.3 is 4.90 Å². The fraction of sp³-hybridized carbons (Fsp3) is 0.533. The molecule has 3 heteroatoms. The Balaban J connectivity index is 2.97. The van der Waals surface area contributed by atoms with E-state index in [1.165, 1.54) is 0 Å². The highest BCUT2D eigenvalue weighted by Crippen LogP contribution is 2.24. The monoisotopic (exact) mass is 267 g/mol. The summed E-state index contributed by atoms with van der Waals surface area (Å²) in [5.74, 6) is 0.667. The van der Waals surface area contributed by atoms with Crippen molar-refractivity contribution >= 4 is 23.6 Å². The van der Waals surface area contributed by atoms with E-state index in [0.717, 1.165) is 37.9 Å². The van der Waals surface area contributed by atoms with Gasteiger partial charge in [-0.25, -0.2) is 0 Å². The number of hydrogen-bond acceptors (Lipinski definition) is 2. The van der Waals surface area contributed by atoms with E-state index in [4.69, 9.17) is 11.6 Å². The normalized spacial score (nSPS) is 10.7. The molecule has 0 aliphatic rings. The maximum atomic E-state index is 11.1. The van der Waals surface area contributed by atoms with Gasteiger partial charge >= 0.3 is 0 Å². The predicted octanol–water partition coefficient (Wildman–Crippen LogP) is 4.42.